The van der Waals surface area contributed by atoms with Crippen LogP contribution >= 0.6 is 38.6 Å². The molecule has 0 fully saturated rings. The molecule has 2 aromatic heterocycles. The summed E-state index contributed by atoms with van der Waals surface area (Å²) < 4.78 is 6.77. The van der Waals surface area contributed by atoms with Gasteiger partial charge in [-0.05, 0) is 105 Å². The molecule has 2 aromatic rings. The summed E-state index contributed by atoms with van der Waals surface area (Å²) in [5, 5.41) is 6.55. The molecular weight excluding hydrogens is 496 g/mol. The van der Waals surface area contributed by atoms with Gasteiger partial charge in [0.15, 0.2) is 0 Å². The molecule has 2 aliphatic rings. The van der Waals surface area contributed by atoms with Gasteiger partial charge in [-0.2, -0.15) is 0 Å². The molecule has 0 unspecified atom stereocenters. The molecule has 168 valence electrons. The second kappa shape index (κ2) is 9.24. The molecule has 31 heavy (non-hydrogen) atoms. The van der Waals surface area contributed by atoms with Crippen molar-refractivity contribution < 1.29 is 14.3 Å². The first-order valence-corrected chi connectivity index (χ1v) is 13.4. The third-order valence-corrected chi connectivity index (χ3v) is 8.95. The van der Waals surface area contributed by atoms with Crippen LogP contribution in [0, 0.1) is 0 Å². The molecule has 0 saturated heterocycles. The van der Waals surface area contributed by atoms with E-state index in [1.165, 1.54) is 45.1 Å². The minimum Gasteiger partial charge on any atom is -0.456 e. The number of urea groups is 1. The van der Waals surface area contributed by atoms with E-state index in [9.17, 15) is 9.59 Å². The summed E-state index contributed by atoms with van der Waals surface area (Å²) in [6.07, 6.45) is 8.64. The number of esters is 1. The van der Waals surface area contributed by atoms with E-state index in [1.807, 2.05) is 20.8 Å². The Kier molecular flexibility index (Phi) is 6.79. The number of thiophene rings is 2. The summed E-state index contributed by atoms with van der Waals surface area (Å²) in [6.45, 7) is 6.07. The van der Waals surface area contributed by atoms with Crippen molar-refractivity contribution in [3.8, 4) is 0 Å². The average Bonchev–Trinajstić information content (AvgIpc) is 3.21. The van der Waals surface area contributed by atoms with E-state index < -0.39 is 5.60 Å². The van der Waals surface area contributed by atoms with Gasteiger partial charge in [-0.15, -0.1) is 22.7 Å². The fraction of sp³-hybridized carbons (Fsp3) is 0.565. The van der Waals surface area contributed by atoms with E-state index in [1.54, 1.807) is 11.3 Å². The highest BCUT2D eigenvalue weighted by Crippen LogP contribution is 2.40. The number of carbonyl (C=O) groups excluding carboxylic acids is 2. The predicted molar refractivity (Wildman–Crippen MR) is 131 cm³/mol. The Bertz CT molecular complexity index is 1000. The topological polar surface area (TPSA) is 67.4 Å². The van der Waals surface area contributed by atoms with Crippen molar-refractivity contribution in [3.05, 3.63) is 35.8 Å². The number of amides is 2. The summed E-state index contributed by atoms with van der Waals surface area (Å²) in [5.41, 5.74) is 3.59. The summed E-state index contributed by atoms with van der Waals surface area (Å²) >= 11 is 6.98. The fourth-order valence-electron chi connectivity index (χ4n) is 4.29. The molecule has 0 aromatic carbocycles. The van der Waals surface area contributed by atoms with Gasteiger partial charge in [-0.3, -0.25) is 5.32 Å². The maximum Gasteiger partial charge on any atom is 0.341 e. The Hall–Kier alpha value is -1.38. The molecule has 0 spiro atoms. The summed E-state index contributed by atoms with van der Waals surface area (Å²) in [5.74, 6) is -0.350. The number of halogens is 1. The highest BCUT2D eigenvalue weighted by Gasteiger charge is 2.30. The number of rotatable bonds is 4. The summed E-state index contributed by atoms with van der Waals surface area (Å²) in [4.78, 5) is 28.4. The van der Waals surface area contributed by atoms with Crippen molar-refractivity contribution in [2.45, 2.75) is 84.3 Å². The van der Waals surface area contributed by atoms with Crippen molar-refractivity contribution >= 4 is 55.6 Å². The highest BCUT2D eigenvalue weighted by molar-refractivity contribution is 9.11. The van der Waals surface area contributed by atoms with Gasteiger partial charge in [-0.25, -0.2) is 9.59 Å². The van der Waals surface area contributed by atoms with Crippen LogP contribution in [-0.4, -0.2) is 17.6 Å². The van der Waals surface area contributed by atoms with Crippen molar-refractivity contribution in [1.82, 2.24) is 5.32 Å². The second-order valence-electron chi connectivity index (χ2n) is 9.19. The predicted octanol–water partition coefficient (Wildman–Crippen LogP) is 6.61. The Balaban J connectivity index is 1.50. The Morgan fingerprint density at radius 1 is 0.968 bits per heavy atom. The monoisotopic (exact) mass is 524 g/mol. The van der Waals surface area contributed by atoms with E-state index in [2.05, 4.69) is 26.6 Å². The van der Waals surface area contributed by atoms with Crippen LogP contribution < -0.4 is 10.6 Å². The number of fused-ring (bicyclic) bond motifs is 2. The SMILES string of the molecule is CC(C)(C)OC(=O)c1c(NC(=O)NCc2c(Br)sc3c2CCCC3)sc2c1CCCC2. The number of hydrogen-bond acceptors (Lipinski definition) is 5. The molecule has 2 amide bonds. The Labute approximate surface area is 200 Å². The van der Waals surface area contributed by atoms with Crippen molar-refractivity contribution in [2.75, 3.05) is 5.32 Å². The zero-order valence-electron chi connectivity index (χ0n) is 18.3. The molecule has 2 N–H and O–H groups in total. The molecule has 4 rings (SSSR count). The van der Waals surface area contributed by atoms with Crippen LogP contribution in [0.4, 0.5) is 9.80 Å². The first-order chi connectivity index (χ1) is 14.7. The maximum absolute atomic E-state index is 13.0. The zero-order valence-corrected chi connectivity index (χ0v) is 21.5. The summed E-state index contributed by atoms with van der Waals surface area (Å²) in [7, 11) is 0. The third-order valence-electron chi connectivity index (χ3n) is 5.66. The first-order valence-electron chi connectivity index (χ1n) is 10.9. The third kappa shape index (κ3) is 5.17. The largest absolute Gasteiger partial charge is 0.456 e. The molecular formula is C23H29BrN2O3S2. The molecule has 0 radical (unpaired) electrons. The molecule has 8 heteroatoms. The van der Waals surface area contributed by atoms with Crippen LogP contribution in [0.1, 0.15) is 83.3 Å². The standard InChI is InChI=1S/C23H29BrN2O3S2/c1-23(2,3)29-21(27)18-14-9-5-7-11-17(14)31-20(18)26-22(28)25-12-15-13-8-4-6-10-16(13)30-19(15)24/h4-12H2,1-3H3,(H2,25,26,28). The Morgan fingerprint density at radius 3 is 2.26 bits per heavy atom. The van der Waals surface area contributed by atoms with E-state index in [4.69, 9.17) is 4.74 Å². The number of aryl methyl sites for hydroxylation is 2. The number of hydrogen-bond donors (Lipinski definition) is 2. The normalized spacial score (nSPS) is 15.7. The highest BCUT2D eigenvalue weighted by atomic mass is 79.9. The van der Waals surface area contributed by atoms with Crippen molar-refractivity contribution in [3.63, 3.8) is 0 Å². The lowest BCUT2D eigenvalue weighted by molar-refractivity contribution is 0.00699. The second-order valence-corrected chi connectivity index (χ2v) is 12.7. The molecule has 0 atom stereocenters. The quantitative estimate of drug-likeness (QED) is 0.442. The lowest BCUT2D eigenvalue weighted by atomic mass is 9.95. The lowest BCUT2D eigenvalue weighted by Crippen LogP contribution is -2.30. The molecule has 0 bridgehead atoms. The number of nitrogens with one attached hydrogen (secondary N) is 2. The molecule has 5 nitrogen and oxygen atoms in total. The smallest absolute Gasteiger partial charge is 0.341 e. The fourth-order valence-corrected chi connectivity index (χ4v) is 7.66. The minimum atomic E-state index is -0.579. The van der Waals surface area contributed by atoms with Gasteiger partial charge in [0.1, 0.15) is 10.6 Å². The van der Waals surface area contributed by atoms with E-state index in [0.29, 0.717) is 17.1 Å². The van der Waals surface area contributed by atoms with Crippen LogP contribution in [0.2, 0.25) is 0 Å². The van der Waals surface area contributed by atoms with Gasteiger partial charge < -0.3 is 10.1 Å². The van der Waals surface area contributed by atoms with E-state index >= 15 is 0 Å². The van der Waals surface area contributed by atoms with Crippen LogP contribution in [0.25, 0.3) is 0 Å². The average molecular weight is 526 g/mol. The van der Waals surface area contributed by atoms with Gasteiger partial charge in [-0.1, -0.05) is 0 Å². The number of anilines is 1. The van der Waals surface area contributed by atoms with Crippen LogP contribution in [0.3, 0.4) is 0 Å². The maximum atomic E-state index is 13.0. The van der Waals surface area contributed by atoms with Gasteiger partial charge in [0, 0.05) is 16.3 Å². The molecule has 0 saturated carbocycles. The van der Waals surface area contributed by atoms with Gasteiger partial charge in [0.2, 0.25) is 0 Å². The van der Waals surface area contributed by atoms with Gasteiger partial charge >= 0.3 is 12.0 Å². The number of carbonyl (C=O) groups is 2. The van der Waals surface area contributed by atoms with E-state index in [0.717, 1.165) is 47.9 Å². The molecule has 2 heterocycles. The van der Waals surface area contributed by atoms with Crippen LogP contribution in [-0.2, 0) is 37.0 Å². The molecule has 0 aliphatic heterocycles. The first kappa shape index (κ1) is 22.8. The minimum absolute atomic E-state index is 0.286. The van der Waals surface area contributed by atoms with Gasteiger partial charge in [0.05, 0.1) is 9.35 Å². The van der Waals surface area contributed by atoms with Crippen molar-refractivity contribution in [1.29, 1.82) is 0 Å². The molecule has 2 aliphatic carbocycles. The van der Waals surface area contributed by atoms with Crippen LogP contribution in [0.5, 0.6) is 0 Å². The summed E-state index contributed by atoms with van der Waals surface area (Å²) in [6, 6.07) is -0.286. The Morgan fingerprint density at radius 2 is 1.58 bits per heavy atom. The lowest BCUT2D eigenvalue weighted by Gasteiger charge is -2.21. The van der Waals surface area contributed by atoms with Crippen molar-refractivity contribution in [2.24, 2.45) is 0 Å². The zero-order chi connectivity index (χ0) is 22.2. The van der Waals surface area contributed by atoms with Gasteiger partial charge in [0.25, 0.3) is 0 Å². The van der Waals surface area contributed by atoms with Crippen LogP contribution in [0.15, 0.2) is 3.79 Å². The van der Waals surface area contributed by atoms with E-state index in [-0.39, 0.29) is 12.0 Å². The number of ether oxygens (including phenoxy) is 1.